The second-order valence-corrected chi connectivity index (χ2v) is 5.97. The highest BCUT2D eigenvalue weighted by atomic mass is 16.6. The molecule has 0 unspecified atom stereocenters. The van der Waals surface area contributed by atoms with E-state index in [0.717, 1.165) is 25.7 Å². The predicted octanol–water partition coefficient (Wildman–Crippen LogP) is 1.14. The lowest BCUT2D eigenvalue weighted by molar-refractivity contribution is -0.157. The number of benzene rings is 1. The summed E-state index contributed by atoms with van der Waals surface area (Å²) in [4.78, 5) is 35.3. The first-order valence-corrected chi connectivity index (χ1v) is 8.27. The Bertz CT molecular complexity index is 656. The number of hydrogen-bond acceptors (Lipinski definition) is 6. The van der Waals surface area contributed by atoms with Gasteiger partial charge in [-0.25, -0.2) is 9.59 Å². The summed E-state index contributed by atoms with van der Waals surface area (Å²) < 4.78 is 15.8. The van der Waals surface area contributed by atoms with Gasteiger partial charge in [-0.15, -0.1) is 0 Å². The molecular formula is C17H20N2O6. The number of carbonyl (C=O) groups is 3. The zero-order valence-electron chi connectivity index (χ0n) is 13.7. The second-order valence-electron chi connectivity index (χ2n) is 5.97. The molecule has 1 aromatic rings. The molecule has 8 heteroatoms. The van der Waals surface area contributed by atoms with E-state index in [9.17, 15) is 14.4 Å². The summed E-state index contributed by atoms with van der Waals surface area (Å²) in [6.07, 6.45) is 3.02. The van der Waals surface area contributed by atoms with E-state index in [1.54, 1.807) is 24.3 Å². The second kappa shape index (κ2) is 7.87. The molecule has 1 aliphatic heterocycles. The molecule has 0 aromatic heterocycles. The number of urea groups is 1. The topological polar surface area (TPSA) is 103 Å². The summed E-state index contributed by atoms with van der Waals surface area (Å²) in [6, 6.07) is 6.48. The van der Waals surface area contributed by atoms with Gasteiger partial charge in [-0.3, -0.25) is 10.1 Å². The molecule has 2 aliphatic rings. The molecule has 3 amide bonds. The first-order chi connectivity index (χ1) is 12.1. The Labute approximate surface area is 144 Å². The third-order valence-corrected chi connectivity index (χ3v) is 4.06. The molecular weight excluding hydrogens is 328 g/mol. The van der Waals surface area contributed by atoms with Gasteiger partial charge in [0.15, 0.2) is 18.1 Å². The Morgan fingerprint density at radius 1 is 1.12 bits per heavy atom. The van der Waals surface area contributed by atoms with Crippen molar-refractivity contribution in [3.05, 3.63) is 24.3 Å². The number of rotatable bonds is 4. The van der Waals surface area contributed by atoms with Gasteiger partial charge in [0.25, 0.3) is 5.91 Å². The van der Waals surface area contributed by atoms with Crippen molar-refractivity contribution in [2.45, 2.75) is 37.8 Å². The van der Waals surface area contributed by atoms with E-state index in [0.29, 0.717) is 11.5 Å². The third-order valence-electron chi connectivity index (χ3n) is 4.06. The Kier molecular flexibility index (Phi) is 5.37. The summed E-state index contributed by atoms with van der Waals surface area (Å²) in [5.74, 6) is -0.425. The van der Waals surface area contributed by atoms with E-state index in [1.165, 1.54) is 0 Å². The summed E-state index contributed by atoms with van der Waals surface area (Å²) in [5, 5.41) is 4.86. The molecule has 134 valence electrons. The largest absolute Gasteiger partial charge is 0.485 e. The van der Waals surface area contributed by atoms with Crippen molar-refractivity contribution in [2.24, 2.45) is 0 Å². The summed E-state index contributed by atoms with van der Waals surface area (Å²) in [6.45, 7) is -0.557. The van der Waals surface area contributed by atoms with E-state index in [2.05, 4.69) is 10.6 Å². The average molecular weight is 348 g/mol. The van der Waals surface area contributed by atoms with Gasteiger partial charge in [0.2, 0.25) is 6.10 Å². The Morgan fingerprint density at radius 3 is 2.60 bits per heavy atom. The molecule has 2 N–H and O–H groups in total. The highest BCUT2D eigenvalue weighted by Crippen LogP contribution is 2.31. The first-order valence-electron chi connectivity index (χ1n) is 8.27. The minimum Gasteiger partial charge on any atom is -0.485 e. The van der Waals surface area contributed by atoms with Gasteiger partial charge < -0.3 is 19.5 Å². The molecule has 1 saturated carbocycles. The number of carbonyl (C=O) groups excluding carboxylic acids is 3. The zero-order chi connectivity index (χ0) is 17.6. The zero-order valence-corrected chi connectivity index (χ0v) is 13.7. The van der Waals surface area contributed by atoms with Crippen LogP contribution < -0.4 is 20.1 Å². The van der Waals surface area contributed by atoms with Gasteiger partial charge in [0.05, 0.1) is 0 Å². The van der Waals surface area contributed by atoms with Gasteiger partial charge in [-0.1, -0.05) is 25.0 Å². The Morgan fingerprint density at radius 2 is 1.84 bits per heavy atom. The van der Waals surface area contributed by atoms with Crippen LogP contribution in [0.2, 0.25) is 0 Å². The van der Waals surface area contributed by atoms with Crippen molar-refractivity contribution in [3.63, 3.8) is 0 Å². The monoisotopic (exact) mass is 348 g/mol. The smallest absolute Gasteiger partial charge is 0.351 e. The molecule has 1 atom stereocenters. The van der Waals surface area contributed by atoms with E-state index in [1.807, 2.05) is 0 Å². The molecule has 3 rings (SSSR count). The first kappa shape index (κ1) is 17.1. The van der Waals surface area contributed by atoms with Gasteiger partial charge >= 0.3 is 12.0 Å². The van der Waals surface area contributed by atoms with E-state index < -0.39 is 30.6 Å². The van der Waals surface area contributed by atoms with Crippen LogP contribution in [0.1, 0.15) is 25.7 Å². The van der Waals surface area contributed by atoms with Crippen LogP contribution in [0.4, 0.5) is 4.79 Å². The standard InChI is InChI=1S/C17H20N2O6/c20-15(19-17(22)18-11-5-1-2-6-11)10-24-16(21)14-9-23-12-7-3-4-8-13(12)25-14/h3-4,7-8,11,14H,1-2,5-6,9-10H2,(H2,18,19,20,22)/t14-/m0/s1. The molecule has 8 nitrogen and oxygen atoms in total. The maximum Gasteiger partial charge on any atom is 0.351 e. The van der Waals surface area contributed by atoms with Crippen LogP contribution in [0.3, 0.4) is 0 Å². The number of hydrogen-bond donors (Lipinski definition) is 2. The summed E-state index contributed by atoms with van der Waals surface area (Å²) in [5.41, 5.74) is 0. The number of nitrogens with one attached hydrogen (secondary N) is 2. The van der Waals surface area contributed by atoms with Crippen LogP contribution in [0.25, 0.3) is 0 Å². The average Bonchev–Trinajstić information content (AvgIpc) is 3.12. The van der Waals surface area contributed by atoms with Crippen molar-refractivity contribution < 1.29 is 28.6 Å². The molecule has 0 bridgehead atoms. The summed E-state index contributed by atoms with van der Waals surface area (Å²) in [7, 11) is 0. The molecule has 1 heterocycles. The molecule has 1 aromatic carbocycles. The highest BCUT2D eigenvalue weighted by molar-refractivity contribution is 5.95. The van der Waals surface area contributed by atoms with Gasteiger partial charge in [-0.2, -0.15) is 0 Å². The molecule has 0 radical (unpaired) electrons. The molecule has 0 spiro atoms. The van der Waals surface area contributed by atoms with Gasteiger partial charge in [-0.05, 0) is 25.0 Å². The third kappa shape index (κ3) is 4.62. The lowest BCUT2D eigenvalue weighted by Crippen LogP contribution is -2.45. The van der Waals surface area contributed by atoms with E-state index in [4.69, 9.17) is 14.2 Å². The fourth-order valence-electron chi connectivity index (χ4n) is 2.82. The van der Waals surface area contributed by atoms with Crippen LogP contribution in [-0.2, 0) is 14.3 Å². The Balaban J connectivity index is 1.40. The number of para-hydroxylation sites is 2. The van der Waals surface area contributed by atoms with Crippen LogP contribution >= 0.6 is 0 Å². The van der Waals surface area contributed by atoms with Crippen molar-refractivity contribution >= 4 is 17.9 Å². The number of ether oxygens (including phenoxy) is 3. The minimum absolute atomic E-state index is 0.000365. The van der Waals surface area contributed by atoms with Crippen LogP contribution in [0, 0.1) is 0 Å². The minimum atomic E-state index is -0.949. The Hall–Kier alpha value is -2.77. The fraction of sp³-hybridized carbons (Fsp3) is 0.471. The van der Waals surface area contributed by atoms with Crippen LogP contribution in [0.5, 0.6) is 11.5 Å². The van der Waals surface area contributed by atoms with E-state index >= 15 is 0 Å². The molecule has 1 aliphatic carbocycles. The lowest BCUT2D eigenvalue weighted by atomic mass is 10.2. The van der Waals surface area contributed by atoms with Crippen LogP contribution in [0.15, 0.2) is 24.3 Å². The summed E-state index contributed by atoms with van der Waals surface area (Å²) >= 11 is 0. The number of esters is 1. The van der Waals surface area contributed by atoms with Crippen molar-refractivity contribution in [1.82, 2.24) is 10.6 Å². The lowest BCUT2D eigenvalue weighted by Gasteiger charge is -2.24. The van der Waals surface area contributed by atoms with E-state index in [-0.39, 0.29) is 12.6 Å². The number of fused-ring (bicyclic) bond motifs is 1. The maximum absolute atomic E-state index is 12.0. The maximum atomic E-state index is 12.0. The molecule has 1 fully saturated rings. The van der Waals surface area contributed by atoms with Crippen molar-refractivity contribution in [2.75, 3.05) is 13.2 Å². The van der Waals surface area contributed by atoms with Gasteiger partial charge in [0.1, 0.15) is 6.61 Å². The number of amides is 3. The van der Waals surface area contributed by atoms with Crippen LogP contribution in [-0.4, -0.2) is 43.3 Å². The number of imide groups is 1. The highest BCUT2D eigenvalue weighted by Gasteiger charge is 2.29. The fourth-order valence-corrected chi connectivity index (χ4v) is 2.82. The predicted molar refractivity (Wildman–Crippen MR) is 86.2 cm³/mol. The molecule has 0 saturated heterocycles. The van der Waals surface area contributed by atoms with Crippen molar-refractivity contribution in [3.8, 4) is 11.5 Å². The quantitative estimate of drug-likeness (QED) is 0.791. The molecule has 25 heavy (non-hydrogen) atoms. The van der Waals surface area contributed by atoms with Gasteiger partial charge in [0, 0.05) is 6.04 Å². The van der Waals surface area contributed by atoms with Crippen molar-refractivity contribution in [1.29, 1.82) is 0 Å². The normalized spacial score (nSPS) is 19.1. The SMILES string of the molecule is O=C(COC(=O)[C@@H]1COc2ccccc2O1)NC(=O)NC1CCCC1.